The lowest BCUT2D eigenvalue weighted by molar-refractivity contribution is 1.01. The largest absolute Gasteiger partial charge is 0.207 e. The summed E-state index contributed by atoms with van der Waals surface area (Å²) >= 11 is 7.22. The van der Waals surface area contributed by atoms with Gasteiger partial charge in [0, 0.05) is 6.42 Å². The normalized spacial score (nSPS) is 10.9. The molecule has 2 nitrogen and oxygen atoms in total. The van der Waals surface area contributed by atoms with Crippen molar-refractivity contribution in [1.82, 2.24) is 10.2 Å². The maximum Gasteiger partial charge on any atom is 0.207 e. The molecule has 0 atom stereocenters. The quantitative estimate of drug-likeness (QED) is 0.698. The lowest BCUT2D eigenvalue weighted by Gasteiger charge is -2.03. The van der Waals surface area contributed by atoms with Gasteiger partial charge in [0.2, 0.25) is 4.47 Å². The summed E-state index contributed by atoms with van der Waals surface area (Å²) in [5.74, 6) is 0. The Bertz CT molecular complexity index is 658. The fourth-order valence-corrected chi connectivity index (χ4v) is 2.80. The summed E-state index contributed by atoms with van der Waals surface area (Å²) in [6.45, 7) is 0. The van der Waals surface area contributed by atoms with E-state index in [2.05, 4.69) is 46.6 Å². The van der Waals surface area contributed by atoms with E-state index in [1.54, 1.807) is 0 Å². The molecule has 0 aliphatic heterocycles. The Labute approximate surface area is 108 Å². The van der Waals surface area contributed by atoms with Crippen LogP contribution in [0.3, 0.4) is 0 Å². The molecule has 0 spiro atoms. The zero-order valence-electron chi connectivity index (χ0n) is 8.93. The molecule has 0 bridgehead atoms. The van der Waals surface area contributed by atoms with E-state index >= 15 is 0 Å². The molecule has 1 heterocycles. The van der Waals surface area contributed by atoms with Crippen molar-refractivity contribution in [2.24, 2.45) is 0 Å². The van der Waals surface area contributed by atoms with E-state index in [4.69, 9.17) is 11.6 Å². The van der Waals surface area contributed by atoms with Crippen LogP contribution in [-0.2, 0) is 6.42 Å². The van der Waals surface area contributed by atoms with Gasteiger partial charge >= 0.3 is 0 Å². The first kappa shape index (κ1) is 10.7. The molecule has 4 heteroatoms. The average molecular weight is 261 g/mol. The van der Waals surface area contributed by atoms with Crippen LogP contribution < -0.4 is 0 Å². The highest BCUT2D eigenvalue weighted by atomic mass is 35.5. The molecule has 0 N–H and O–H groups in total. The molecular formula is C13H9ClN2S. The van der Waals surface area contributed by atoms with Crippen molar-refractivity contribution < 1.29 is 0 Å². The van der Waals surface area contributed by atoms with Crippen LogP contribution in [0.4, 0.5) is 0 Å². The van der Waals surface area contributed by atoms with Gasteiger partial charge in [0.1, 0.15) is 5.01 Å². The van der Waals surface area contributed by atoms with Gasteiger partial charge in [-0.1, -0.05) is 53.8 Å². The van der Waals surface area contributed by atoms with Gasteiger partial charge in [-0.15, -0.1) is 10.2 Å². The second-order valence-electron chi connectivity index (χ2n) is 3.76. The zero-order chi connectivity index (χ0) is 11.7. The summed E-state index contributed by atoms with van der Waals surface area (Å²) in [7, 11) is 0. The van der Waals surface area contributed by atoms with Crippen molar-refractivity contribution >= 4 is 33.7 Å². The van der Waals surface area contributed by atoms with Crippen molar-refractivity contribution in [3.63, 3.8) is 0 Å². The van der Waals surface area contributed by atoms with Gasteiger partial charge in [0.25, 0.3) is 0 Å². The van der Waals surface area contributed by atoms with Crippen LogP contribution in [-0.4, -0.2) is 10.2 Å². The van der Waals surface area contributed by atoms with E-state index in [0.29, 0.717) is 4.47 Å². The van der Waals surface area contributed by atoms with Gasteiger partial charge in [-0.25, -0.2) is 0 Å². The number of hydrogen-bond donors (Lipinski definition) is 0. The predicted molar refractivity (Wildman–Crippen MR) is 71.7 cm³/mol. The summed E-state index contributed by atoms with van der Waals surface area (Å²) in [5.41, 5.74) is 1.26. The van der Waals surface area contributed by atoms with Gasteiger partial charge < -0.3 is 0 Å². The summed E-state index contributed by atoms with van der Waals surface area (Å²) in [5, 5.41) is 11.3. The minimum absolute atomic E-state index is 0.500. The van der Waals surface area contributed by atoms with Crippen LogP contribution in [0.5, 0.6) is 0 Å². The van der Waals surface area contributed by atoms with Gasteiger partial charge in [0.15, 0.2) is 0 Å². The molecule has 0 saturated heterocycles. The van der Waals surface area contributed by atoms with Crippen molar-refractivity contribution in [2.75, 3.05) is 0 Å². The minimum Gasteiger partial charge on any atom is -0.142 e. The van der Waals surface area contributed by atoms with Gasteiger partial charge in [0.05, 0.1) is 0 Å². The van der Waals surface area contributed by atoms with Gasteiger partial charge in [-0.2, -0.15) is 0 Å². The Morgan fingerprint density at radius 2 is 1.82 bits per heavy atom. The Balaban J connectivity index is 2.05. The fourth-order valence-electron chi connectivity index (χ4n) is 1.91. The number of aromatic nitrogens is 2. The third-order valence-corrected chi connectivity index (χ3v) is 3.68. The Morgan fingerprint density at radius 3 is 2.65 bits per heavy atom. The molecule has 3 rings (SSSR count). The summed E-state index contributed by atoms with van der Waals surface area (Å²) in [6.07, 6.45) is 0.783. The van der Waals surface area contributed by atoms with E-state index in [-0.39, 0.29) is 0 Å². The molecule has 0 fully saturated rings. The van der Waals surface area contributed by atoms with Crippen molar-refractivity contribution in [3.05, 3.63) is 57.5 Å². The summed E-state index contributed by atoms with van der Waals surface area (Å²) in [6, 6.07) is 14.7. The molecule has 0 aliphatic rings. The van der Waals surface area contributed by atoms with E-state index in [0.717, 1.165) is 11.4 Å². The highest BCUT2D eigenvalue weighted by molar-refractivity contribution is 7.15. The molecule has 84 valence electrons. The van der Waals surface area contributed by atoms with Crippen LogP contribution in [0.2, 0.25) is 4.47 Å². The Morgan fingerprint density at radius 1 is 1.00 bits per heavy atom. The third-order valence-electron chi connectivity index (χ3n) is 2.66. The summed E-state index contributed by atoms with van der Waals surface area (Å²) in [4.78, 5) is 0. The maximum atomic E-state index is 5.79. The van der Waals surface area contributed by atoms with Gasteiger partial charge in [-0.3, -0.25) is 0 Å². The zero-order valence-corrected chi connectivity index (χ0v) is 10.5. The van der Waals surface area contributed by atoms with Crippen LogP contribution in [0.1, 0.15) is 10.6 Å². The monoisotopic (exact) mass is 260 g/mol. The number of rotatable bonds is 2. The van der Waals surface area contributed by atoms with E-state index in [9.17, 15) is 0 Å². The first-order chi connectivity index (χ1) is 8.33. The molecule has 3 aromatic rings. The second kappa shape index (κ2) is 4.43. The lowest BCUT2D eigenvalue weighted by Crippen LogP contribution is -1.89. The van der Waals surface area contributed by atoms with E-state index < -0.39 is 0 Å². The first-order valence-corrected chi connectivity index (χ1v) is 6.47. The number of fused-ring (bicyclic) bond motifs is 1. The standard InChI is InChI=1S/C13H9ClN2S/c14-13-16-15-12(17-13)8-10-6-3-5-9-4-1-2-7-11(9)10/h1-7H,8H2. The number of benzene rings is 2. The minimum atomic E-state index is 0.500. The Hall–Kier alpha value is -1.45. The number of halogens is 1. The summed E-state index contributed by atoms with van der Waals surface area (Å²) < 4.78 is 0.500. The molecule has 0 unspecified atom stereocenters. The predicted octanol–water partition coefficient (Wildman–Crippen LogP) is 3.94. The van der Waals surface area contributed by atoms with Crippen LogP contribution in [0.25, 0.3) is 10.8 Å². The maximum absolute atomic E-state index is 5.79. The van der Waals surface area contributed by atoms with Crippen LogP contribution in [0, 0.1) is 0 Å². The van der Waals surface area contributed by atoms with Crippen LogP contribution >= 0.6 is 22.9 Å². The molecule has 0 saturated carbocycles. The molecule has 1 aromatic heterocycles. The smallest absolute Gasteiger partial charge is 0.142 e. The molecule has 0 amide bonds. The van der Waals surface area contributed by atoms with E-state index in [1.165, 1.54) is 27.7 Å². The highest BCUT2D eigenvalue weighted by Crippen LogP contribution is 2.23. The number of nitrogens with zero attached hydrogens (tertiary/aromatic N) is 2. The first-order valence-electron chi connectivity index (χ1n) is 5.27. The second-order valence-corrected chi connectivity index (χ2v) is 5.41. The molecule has 0 aliphatic carbocycles. The van der Waals surface area contributed by atoms with Crippen molar-refractivity contribution in [3.8, 4) is 0 Å². The molecular weight excluding hydrogens is 252 g/mol. The van der Waals surface area contributed by atoms with Gasteiger partial charge in [-0.05, 0) is 27.9 Å². The van der Waals surface area contributed by atoms with Crippen molar-refractivity contribution in [1.29, 1.82) is 0 Å². The van der Waals surface area contributed by atoms with Crippen molar-refractivity contribution in [2.45, 2.75) is 6.42 Å². The highest BCUT2D eigenvalue weighted by Gasteiger charge is 2.05. The topological polar surface area (TPSA) is 25.8 Å². The third kappa shape index (κ3) is 2.16. The lowest BCUT2D eigenvalue weighted by atomic mass is 10.0. The molecule has 2 aromatic carbocycles. The fraction of sp³-hybridized carbons (Fsp3) is 0.0769. The average Bonchev–Trinajstić information content (AvgIpc) is 2.75. The van der Waals surface area contributed by atoms with Crippen LogP contribution in [0.15, 0.2) is 42.5 Å². The Kier molecular flexibility index (Phi) is 2.79. The SMILES string of the molecule is Clc1nnc(Cc2cccc3ccccc23)s1. The molecule has 0 radical (unpaired) electrons. The van der Waals surface area contributed by atoms with E-state index in [1.807, 2.05) is 6.07 Å². The molecule has 17 heavy (non-hydrogen) atoms. The number of hydrogen-bond acceptors (Lipinski definition) is 3.